The Morgan fingerprint density at radius 1 is 1.07 bits per heavy atom. The van der Waals surface area contributed by atoms with Gasteiger partial charge >= 0.3 is 0 Å². The second kappa shape index (κ2) is 3.29. The van der Waals surface area contributed by atoms with Gasteiger partial charge in [0, 0.05) is 18.6 Å². The van der Waals surface area contributed by atoms with Gasteiger partial charge in [0.05, 0.1) is 0 Å². The van der Waals surface area contributed by atoms with E-state index in [1.807, 2.05) is 13.2 Å². The molecule has 0 spiro atoms. The van der Waals surface area contributed by atoms with Crippen molar-refractivity contribution in [2.45, 2.75) is 13.8 Å². The summed E-state index contributed by atoms with van der Waals surface area (Å²) in [5, 5.41) is 5.64. The molecular weight excluding hydrogens is 172 g/mol. The number of hydrogen-bond acceptors (Lipinski definition) is 2. The summed E-state index contributed by atoms with van der Waals surface area (Å²) >= 11 is 0. The van der Waals surface area contributed by atoms with Gasteiger partial charge in [-0.15, -0.1) is 0 Å². The van der Waals surface area contributed by atoms with Crippen molar-refractivity contribution in [3.8, 4) is 0 Å². The minimum atomic E-state index is 0.962. The summed E-state index contributed by atoms with van der Waals surface area (Å²) in [6.07, 6.45) is 1.85. The van der Waals surface area contributed by atoms with Crippen molar-refractivity contribution in [3.05, 3.63) is 35.5 Å². The summed E-state index contributed by atoms with van der Waals surface area (Å²) in [7, 11) is 1.91. The van der Waals surface area contributed by atoms with Crippen LogP contribution < -0.4 is 5.32 Å². The Kier molecular flexibility index (Phi) is 2.12. The normalized spacial score (nSPS) is 10.5. The van der Waals surface area contributed by atoms with Gasteiger partial charge in [-0.25, -0.2) is 4.98 Å². The number of pyridine rings is 1. The number of hydrogen-bond donors (Lipinski definition) is 1. The second-order valence-electron chi connectivity index (χ2n) is 3.53. The molecule has 0 aliphatic carbocycles. The highest BCUT2D eigenvalue weighted by Crippen LogP contribution is 2.26. The minimum absolute atomic E-state index is 0.962. The fourth-order valence-corrected chi connectivity index (χ4v) is 1.80. The van der Waals surface area contributed by atoms with Crippen molar-refractivity contribution in [1.29, 1.82) is 0 Å². The van der Waals surface area contributed by atoms with Crippen LogP contribution in [-0.4, -0.2) is 12.0 Å². The van der Waals surface area contributed by atoms with E-state index in [0.29, 0.717) is 0 Å². The molecule has 0 saturated heterocycles. The first kappa shape index (κ1) is 9.00. The zero-order valence-electron chi connectivity index (χ0n) is 8.76. The number of nitrogens with zero attached hydrogens (tertiary/aromatic N) is 1. The topological polar surface area (TPSA) is 24.9 Å². The van der Waals surface area contributed by atoms with E-state index in [-0.39, 0.29) is 0 Å². The van der Waals surface area contributed by atoms with Gasteiger partial charge in [0.2, 0.25) is 0 Å². The van der Waals surface area contributed by atoms with E-state index >= 15 is 0 Å². The smallest absolute Gasteiger partial charge is 0.133 e. The van der Waals surface area contributed by atoms with E-state index in [2.05, 4.69) is 42.3 Å². The Morgan fingerprint density at radius 2 is 1.79 bits per heavy atom. The molecule has 1 aromatic carbocycles. The van der Waals surface area contributed by atoms with Crippen molar-refractivity contribution in [2.24, 2.45) is 0 Å². The lowest BCUT2D eigenvalue weighted by Crippen LogP contribution is -1.95. The summed E-state index contributed by atoms with van der Waals surface area (Å²) in [5.41, 5.74) is 2.56. The highest BCUT2D eigenvalue weighted by Gasteiger charge is 2.04. The number of benzene rings is 1. The summed E-state index contributed by atoms with van der Waals surface area (Å²) in [5.74, 6) is 0.962. The second-order valence-corrected chi connectivity index (χ2v) is 3.53. The molecule has 14 heavy (non-hydrogen) atoms. The maximum atomic E-state index is 4.32. The number of aromatic nitrogens is 1. The summed E-state index contributed by atoms with van der Waals surface area (Å²) in [6.45, 7) is 4.24. The SMILES string of the molecule is CNc1nccc2c(C)ccc(C)c12. The van der Waals surface area contributed by atoms with Crippen LogP contribution in [0.25, 0.3) is 10.8 Å². The molecule has 0 aliphatic heterocycles. The highest BCUT2D eigenvalue weighted by atomic mass is 14.9. The van der Waals surface area contributed by atoms with E-state index in [9.17, 15) is 0 Å². The molecule has 0 fully saturated rings. The van der Waals surface area contributed by atoms with Crippen LogP contribution in [0.4, 0.5) is 5.82 Å². The fourth-order valence-electron chi connectivity index (χ4n) is 1.80. The largest absolute Gasteiger partial charge is 0.373 e. The maximum Gasteiger partial charge on any atom is 0.133 e. The third-order valence-electron chi connectivity index (χ3n) is 2.59. The number of nitrogens with one attached hydrogen (secondary N) is 1. The van der Waals surface area contributed by atoms with E-state index in [4.69, 9.17) is 0 Å². The van der Waals surface area contributed by atoms with Crippen LogP contribution in [-0.2, 0) is 0 Å². The Hall–Kier alpha value is -1.57. The molecule has 0 aliphatic rings. The van der Waals surface area contributed by atoms with Crippen molar-refractivity contribution in [1.82, 2.24) is 4.98 Å². The first-order chi connectivity index (χ1) is 6.74. The number of anilines is 1. The molecule has 0 unspecified atom stereocenters. The van der Waals surface area contributed by atoms with Crippen LogP contribution in [0.15, 0.2) is 24.4 Å². The Balaban J connectivity index is 2.92. The molecule has 0 amide bonds. The monoisotopic (exact) mass is 186 g/mol. The molecule has 2 heteroatoms. The molecule has 1 N–H and O–H groups in total. The van der Waals surface area contributed by atoms with Gasteiger partial charge in [0.15, 0.2) is 0 Å². The standard InChI is InChI=1S/C12H14N2/c1-8-4-5-9(2)11-10(8)6-7-14-12(11)13-3/h4-7H,1-3H3,(H,13,14). The van der Waals surface area contributed by atoms with Crippen LogP contribution in [0, 0.1) is 13.8 Å². The average Bonchev–Trinajstić information content (AvgIpc) is 2.23. The molecule has 1 heterocycles. The van der Waals surface area contributed by atoms with Crippen molar-refractivity contribution >= 4 is 16.6 Å². The van der Waals surface area contributed by atoms with Crippen LogP contribution in [0.5, 0.6) is 0 Å². The van der Waals surface area contributed by atoms with Crippen molar-refractivity contribution in [3.63, 3.8) is 0 Å². The van der Waals surface area contributed by atoms with Gasteiger partial charge in [-0.05, 0) is 36.4 Å². The Labute approximate surface area is 84.0 Å². The quantitative estimate of drug-likeness (QED) is 0.740. The summed E-state index contributed by atoms with van der Waals surface area (Å²) < 4.78 is 0. The molecule has 0 atom stereocenters. The molecule has 0 bridgehead atoms. The van der Waals surface area contributed by atoms with Gasteiger partial charge in [-0.1, -0.05) is 12.1 Å². The maximum absolute atomic E-state index is 4.32. The molecule has 2 aromatic rings. The van der Waals surface area contributed by atoms with E-state index in [1.54, 1.807) is 0 Å². The first-order valence-corrected chi connectivity index (χ1v) is 4.76. The van der Waals surface area contributed by atoms with Crippen LogP contribution in [0.1, 0.15) is 11.1 Å². The highest BCUT2D eigenvalue weighted by molar-refractivity contribution is 5.96. The minimum Gasteiger partial charge on any atom is -0.373 e. The van der Waals surface area contributed by atoms with Crippen molar-refractivity contribution < 1.29 is 0 Å². The molecule has 0 radical (unpaired) electrons. The summed E-state index contributed by atoms with van der Waals surface area (Å²) in [6, 6.07) is 6.36. The van der Waals surface area contributed by atoms with Gasteiger partial charge in [0.1, 0.15) is 5.82 Å². The number of rotatable bonds is 1. The molecule has 2 rings (SSSR count). The van der Waals surface area contributed by atoms with Gasteiger partial charge in [-0.3, -0.25) is 0 Å². The zero-order valence-corrected chi connectivity index (χ0v) is 8.76. The van der Waals surface area contributed by atoms with E-state index in [0.717, 1.165) is 5.82 Å². The third-order valence-corrected chi connectivity index (χ3v) is 2.59. The lowest BCUT2D eigenvalue weighted by atomic mass is 10.0. The lowest BCUT2D eigenvalue weighted by Gasteiger charge is -2.09. The Morgan fingerprint density at radius 3 is 2.50 bits per heavy atom. The molecule has 2 nitrogen and oxygen atoms in total. The first-order valence-electron chi connectivity index (χ1n) is 4.76. The predicted molar refractivity (Wildman–Crippen MR) is 60.8 cm³/mol. The predicted octanol–water partition coefficient (Wildman–Crippen LogP) is 2.89. The number of aryl methyl sites for hydroxylation is 2. The summed E-state index contributed by atoms with van der Waals surface area (Å²) in [4.78, 5) is 4.32. The molecule has 0 saturated carbocycles. The average molecular weight is 186 g/mol. The fraction of sp³-hybridized carbons (Fsp3) is 0.250. The molecular formula is C12H14N2. The third kappa shape index (κ3) is 1.23. The Bertz CT molecular complexity index is 475. The number of fused-ring (bicyclic) bond motifs is 1. The lowest BCUT2D eigenvalue weighted by molar-refractivity contribution is 1.30. The zero-order chi connectivity index (χ0) is 10.1. The van der Waals surface area contributed by atoms with Gasteiger partial charge in [0.25, 0.3) is 0 Å². The van der Waals surface area contributed by atoms with Crippen molar-refractivity contribution in [2.75, 3.05) is 12.4 Å². The van der Waals surface area contributed by atoms with Crippen LogP contribution in [0.2, 0.25) is 0 Å². The van der Waals surface area contributed by atoms with Gasteiger partial charge < -0.3 is 5.32 Å². The molecule has 72 valence electrons. The molecule has 1 aromatic heterocycles. The van der Waals surface area contributed by atoms with E-state index in [1.165, 1.54) is 21.9 Å². The van der Waals surface area contributed by atoms with Crippen LogP contribution >= 0.6 is 0 Å². The van der Waals surface area contributed by atoms with Gasteiger partial charge in [-0.2, -0.15) is 0 Å². The van der Waals surface area contributed by atoms with E-state index < -0.39 is 0 Å². The van der Waals surface area contributed by atoms with Crippen LogP contribution in [0.3, 0.4) is 0 Å².